The van der Waals surface area contributed by atoms with Crippen LogP contribution in [0, 0.1) is 0 Å². The van der Waals surface area contributed by atoms with Gasteiger partial charge in [0, 0.05) is 18.8 Å². The zero-order chi connectivity index (χ0) is 20.7. The van der Waals surface area contributed by atoms with Gasteiger partial charge < -0.3 is 30.5 Å². The summed E-state index contributed by atoms with van der Waals surface area (Å²) < 4.78 is 5.08. The van der Waals surface area contributed by atoms with E-state index in [0.29, 0.717) is 5.69 Å². The molecule has 0 saturated heterocycles. The van der Waals surface area contributed by atoms with E-state index in [4.69, 9.17) is 14.7 Å². The van der Waals surface area contributed by atoms with E-state index >= 15 is 0 Å². The van der Waals surface area contributed by atoms with Gasteiger partial charge >= 0.3 is 18.0 Å². The lowest BCUT2D eigenvalue weighted by Crippen LogP contribution is -2.51. The number of hydrogen-bond acceptors (Lipinski definition) is 9. The normalized spacial score (nSPS) is 13.9. The number of hydrogen-bond donors (Lipinski definition) is 5. The number of carbonyl (C=O) groups excluding carboxylic acids is 1. The van der Waals surface area contributed by atoms with Gasteiger partial charge in [-0.1, -0.05) is 5.16 Å². The van der Waals surface area contributed by atoms with Gasteiger partial charge in [-0.2, -0.15) is 4.98 Å². The summed E-state index contributed by atoms with van der Waals surface area (Å²) in [6, 6.07) is -3.53. The predicted molar refractivity (Wildman–Crippen MR) is 89.7 cm³/mol. The third-order valence-corrected chi connectivity index (χ3v) is 3.52. The van der Waals surface area contributed by atoms with E-state index in [-0.39, 0.29) is 24.6 Å². The molecule has 13 nitrogen and oxygen atoms in total. The Hall–Kier alpha value is -3.61. The fourth-order valence-corrected chi connectivity index (χ4v) is 2.15. The van der Waals surface area contributed by atoms with Gasteiger partial charge in [0.05, 0.1) is 12.3 Å². The minimum absolute atomic E-state index is 0.0815. The lowest BCUT2D eigenvalue weighted by molar-refractivity contribution is -0.141. The molecule has 0 saturated carbocycles. The lowest BCUT2D eigenvalue weighted by atomic mass is 10.1. The minimum atomic E-state index is -1.56. The van der Waals surface area contributed by atoms with Crippen LogP contribution in [-0.2, 0) is 9.59 Å². The second-order valence-electron chi connectivity index (χ2n) is 5.71. The Kier molecular flexibility index (Phi) is 6.92. The first-order valence-electron chi connectivity index (χ1n) is 8.07. The SMILES string of the molecule is CC(O)C(NC(=O)N[C@@H](CCC(=O)O)c1nc(-c2cnccn2)no1)C(=O)O. The molecule has 3 atom stereocenters. The Morgan fingerprint density at radius 2 is 1.96 bits per heavy atom. The first-order chi connectivity index (χ1) is 13.3. The third kappa shape index (κ3) is 5.70. The first-order valence-corrected chi connectivity index (χ1v) is 8.07. The van der Waals surface area contributed by atoms with Gasteiger partial charge in [0.1, 0.15) is 11.7 Å². The summed E-state index contributed by atoms with van der Waals surface area (Å²) in [5.74, 6) is -2.57. The van der Waals surface area contributed by atoms with E-state index in [1.54, 1.807) is 0 Å². The van der Waals surface area contributed by atoms with Crippen LogP contribution >= 0.6 is 0 Å². The van der Waals surface area contributed by atoms with Crippen molar-refractivity contribution >= 4 is 18.0 Å². The zero-order valence-electron chi connectivity index (χ0n) is 14.6. The molecule has 2 heterocycles. The van der Waals surface area contributed by atoms with Crippen molar-refractivity contribution < 1.29 is 34.2 Å². The van der Waals surface area contributed by atoms with E-state index in [2.05, 4.69) is 30.7 Å². The molecule has 0 fully saturated rings. The number of urea groups is 1. The van der Waals surface area contributed by atoms with Crippen LogP contribution in [0.4, 0.5) is 4.79 Å². The van der Waals surface area contributed by atoms with Crippen LogP contribution in [-0.4, -0.2) is 65.5 Å². The van der Waals surface area contributed by atoms with Gasteiger partial charge in [-0.05, 0) is 13.3 Å². The molecule has 0 aliphatic carbocycles. The molecule has 0 aromatic carbocycles. The summed E-state index contributed by atoms with van der Waals surface area (Å²) in [6.45, 7) is 1.20. The molecule has 5 N–H and O–H groups in total. The second kappa shape index (κ2) is 9.36. The van der Waals surface area contributed by atoms with Crippen molar-refractivity contribution in [2.24, 2.45) is 0 Å². The fraction of sp³-hybridized carbons (Fsp3) is 0.400. The fourth-order valence-electron chi connectivity index (χ4n) is 2.15. The number of carboxylic acid groups (broad SMARTS) is 2. The van der Waals surface area contributed by atoms with Crippen LogP contribution in [0.1, 0.15) is 31.7 Å². The highest BCUT2D eigenvalue weighted by Crippen LogP contribution is 2.20. The van der Waals surface area contributed by atoms with Gasteiger partial charge in [0.25, 0.3) is 0 Å². The predicted octanol–water partition coefficient (Wildman–Crippen LogP) is -0.434. The molecular weight excluding hydrogens is 376 g/mol. The molecule has 150 valence electrons. The van der Waals surface area contributed by atoms with E-state index < -0.39 is 36.2 Å². The third-order valence-electron chi connectivity index (χ3n) is 3.52. The minimum Gasteiger partial charge on any atom is -0.481 e. The summed E-state index contributed by atoms with van der Waals surface area (Å²) >= 11 is 0. The standard InChI is InChI=1S/C15H18N6O7/c1-7(22)11(14(25)26)19-15(27)18-8(2-3-10(23)24)13-20-12(21-28-13)9-6-16-4-5-17-9/h4-8,11,22H,2-3H2,1H3,(H,23,24)(H,25,26)(H2,18,19,27)/t7?,8-,11?/m0/s1. The first kappa shape index (κ1) is 20.7. The highest BCUT2D eigenvalue weighted by atomic mass is 16.5. The van der Waals surface area contributed by atoms with Gasteiger partial charge in [0.15, 0.2) is 6.04 Å². The number of carbonyl (C=O) groups is 3. The molecule has 2 aromatic rings. The van der Waals surface area contributed by atoms with Gasteiger partial charge in [-0.25, -0.2) is 14.6 Å². The summed E-state index contributed by atoms with van der Waals surface area (Å²) in [5, 5.41) is 35.5. The molecular formula is C15H18N6O7. The molecule has 0 bridgehead atoms. The summed E-state index contributed by atoms with van der Waals surface area (Å²) in [5.41, 5.74) is 0.305. The maximum atomic E-state index is 12.1. The van der Waals surface area contributed by atoms with Gasteiger partial charge in [-0.3, -0.25) is 9.78 Å². The van der Waals surface area contributed by atoms with Crippen LogP contribution < -0.4 is 10.6 Å². The van der Waals surface area contributed by atoms with Crippen molar-refractivity contribution in [2.45, 2.75) is 38.0 Å². The topological polar surface area (TPSA) is 201 Å². The molecule has 28 heavy (non-hydrogen) atoms. The Morgan fingerprint density at radius 1 is 1.21 bits per heavy atom. The second-order valence-corrected chi connectivity index (χ2v) is 5.71. The van der Waals surface area contributed by atoms with Crippen molar-refractivity contribution in [3.63, 3.8) is 0 Å². The van der Waals surface area contributed by atoms with Crippen LogP contribution in [0.2, 0.25) is 0 Å². The highest BCUT2D eigenvalue weighted by molar-refractivity contribution is 5.83. The van der Waals surface area contributed by atoms with Crippen LogP contribution in [0.15, 0.2) is 23.1 Å². The van der Waals surface area contributed by atoms with Gasteiger partial charge in [0.2, 0.25) is 11.7 Å². The monoisotopic (exact) mass is 394 g/mol. The number of amides is 2. The summed E-state index contributed by atoms with van der Waals surface area (Å²) in [7, 11) is 0. The number of nitrogens with one attached hydrogen (secondary N) is 2. The smallest absolute Gasteiger partial charge is 0.328 e. The Labute approximate surface area is 157 Å². The van der Waals surface area contributed by atoms with Crippen molar-refractivity contribution in [3.8, 4) is 11.5 Å². The van der Waals surface area contributed by atoms with Crippen LogP contribution in [0.25, 0.3) is 11.5 Å². The van der Waals surface area contributed by atoms with E-state index in [1.807, 2.05) is 0 Å². The molecule has 2 unspecified atom stereocenters. The van der Waals surface area contributed by atoms with Gasteiger partial charge in [-0.15, -0.1) is 0 Å². The van der Waals surface area contributed by atoms with Crippen LogP contribution in [0.5, 0.6) is 0 Å². The van der Waals surface area contributed by atoms with Crippen molar-refractivity contribution in [2.75, 3.05) is 0 Å². The van der Waals surface area contributed by atoms with E-state index in [1.165, 1.54) is 25.5 Å². The lowest BCUT2D eigenvalue weighted by Gasteiger charge is -2.20. The molecule has 13 heteroatoms. The van der Waals surface area contributed by atoms with E-state index in [0.717, 1.165) is 0 Å². The molecule has 0 aliphatic heterocycles. The summed E-state index contributed by atoms with van der Waals surface area (Å²) in [6.07, 6.45) is 2.48. The maximum absolute atomic E-state index is 12.1. The maximum Gasteiger partial charge on any atom is 0.328 e. The molecule has 0 aliphatic rings. The van der Waals surface area contributed by atoms with Crippen molar-refractivity contribution in [1.82, 2.24) is 30.7 Å². The number of aliphatic hydroxyl groups excluding tert-OH is 1. The Balaban J connectivity index is 2.16. The summed E-state index contributed by atoms with van der Waals surface area (Å²) in [4.78, 5) is 46.0. The average Bonchev–Trinajstić information content (AvgIpc) is 3.13. The van der Waals surface area contributed by atoms with Crippen LogP contribution in [0.3, 0.4) is 0 Å². The molecule has 0 spiro atoms. The largest absolute Gasteiger partial charge is 0.481 e. The molecule has 2 aromatic heterocycles. The Morgan fingerprint density at radius 3 is 2.54 bits per heavy atom. The molecule has 2 rings (SSSR count). The highest BCUT2D eigenvalue weighted by Gasteiger charge is 2.28. The molecule has 0 radical (unpaired) electrons. The number of aliphatic carboxylic acids is 2. The quantitative estimate of drug-likeness (QED) is 0.369. The zero-order valence-corrected chi connectivity index (χ0v) is 14.6. The number of aromatic nitrogens is 4. The van der Waals surface area contributed by atoms with E-state index in [9.17, 15) is 19.5 Å². The number of nitrogens with zero attached hydrogens (tertiary/aromatic N) is 4. The molecule has 2 amide bonds. The number of rotatable bonds is 9. The Bertz CT molecular complexity index is 825. The van der Waals surface area contributed by atoms with Crippen molar-refractivity contribution in [1.29, 1.82) is 0 Å². The number of aliphatic hydroxyl groups is 1. The average molecular weight is 394 g/mol. The number of carboxylic acids is 2. The van der Waals surface area contributed by atoms with Crippen molar-refractivity contribution in [3.05, 3.63) is 24.5 Å².